The zero-order valence-corrected chi connectivity index (χ0v) is 23.2. The number of benzene rings is 2. The van der Waals surface area contributed by atoms with Gasteiger partial charge in [0.05, 0.1) is 10.6 Å². The highest BCUT2D eigenvalue weighted by Gasteiger charge is 2.61. The van der Waals surface area contributed by atoms with Crippen molar-refractivity contribution < 1.29 is 27.9 Å². The zero-order chi connectivity index (χ0) is 28.6. The van der Waals surface area contributed by atoms with Crippen molar-refractivity contribution in [3.8, 4) is 0 Å². The third kappa shape index (κ3) is 5.75. The Balaban J connectivity index is 1.28. The highest BCUT2D eigenvalue weighted by atomic mass is 35.5. The molecule has 2 fully saturated rings. The van der Waals surface area contributed by atoms with Crippen molar-refractivity contribution in [2.75, 3.05) is 45.7 Å². The topological polar surface area (TPSA) is 64.1 Å². The average molecular weight is 566 g/mol. The van der Waals surface area contributed by atoms with E-state index in [-0.39, 0.29) is 17.9 Å². The molecule has 2 unspecified atom stereocenters. The number of hydrogen-bond donors (Lipinski definition) is 1. The first-order valence-corrected chi connectivity index (χ1v) is 13.5. The molecule has 1 saturated heterocycles. The van der Waals surface area contributed by atoms with E-state index in [4.69, 9.17) is 11.6 Å². The number of piperidine rings is 1. The van der Waals surface area contributed by atoms with Gasteiger partial charge in [0, 0.05) is 52.0 Å². The van der Waals surface area contributed by atoms with Gasteiger partial charge in [0.1, 0.15) is 0 Å². The fraction of sp³-hybridized carbons (Fsp3) is 0.517. The highest BCUT2D eigenvalue weighted by molar-refractivity contribution is 6.34. The zero-order valence-electron chi connectivity index (χ0n) is 22.5. The first-order valence-electron chi connectivity index (χ1n) is 13.2. The maximum atomic E-state index is 13.8. The summed E-state index contributed by atoms with van der Waals surface area (Å²) in [6.45, 7) is 1.86. The van der Waals surface area contributed by atoms with Crippen molar-refractivity contribution in [1.82, 2.24) is 9.80 Å². The Labute approximate surface area is 232 Å². The molecular formula is C29H35ClF3N3O3. The van der Waals surface area contributed by atoms with Crippen LogP contribution in [0.15, 0.2) is 48.5 Å². The molecule has 0 aromatic heterocycles. The molecule has 212 valence electrons. The molecule has 1 aliphatic heterocycles. The molecule has 39 heavy (non-hydrogen) atoms. The van der Waals surface area contributed by atoms with Gasteiger partial charge in [-0.3, -0.25) is 9.59 Å². The number of hydrogen-bond acceptors (Lipinski definition) is 4. The van der Waals surface area contributed by atoms with E-state index in [0.29, 0.717) is 22.9 Å². The summed E-state index contributed by atoms with van der Waals surface area (Å²) in [5.41, 5.74) is -2.36. The summed E-state index contributed by atoms with van der Waals surface area (Å²) in [6, 6.07) is 12.0. The lowest BCUT2D eigenvalue weighted by atomic mass is 9.89. The molecule has 2 aromatic carbocycles. The lowest BCUT2D eigenvalue weighted by molar-refractivity contribution is -0.261. The van der Waals surface area contributed by atoms with Crippen LogP contribution in [-0.2, 0) is 10.4 Å². The Morgan fingerprint density at radius 3 is 2.28 bits per heavy atom. The van der Waals surface area contributed by atoms with Crippen molar-refractivity contribution in [3.05, 3.63) is 64.7 Å². The fourth-order valence-corrected chi connectivity index (χ4v) is 6.07. The molecule has 10 heteroatoms. The monoisotopic (exact) mass is 565 g/mol. The van der Waals surface area contributed by atoms with Crippen LogP contribution < -0.4 is 4.90 Å². The van der Waals surface area contributed by atoms with E-state index >= 15 is 0 Å². The molecule has 1 heterocycles. The molecule has 2 atom stereocenters. The van der Waals surface area contributed by atoms with Crippen LogP contribution in [0.5, 0.6) is 0 Å². The summed E-state index contributed by atoms with van der Waals surface area (Å²) in [5, 5.41) is 11.0. The number of rotatable bonds is 8. The first-order chi connectivity index (χ1) is 18.3. The van der Waals surface area contributed by atoms with E-state index < -0.39 is 23.2 Å². The van der Waals surface area contributed by atoms with Crippen molar-refractivity contribution in [2.24, 2.45) is 11.3 Å². The molecule has 2 aliphatic rings. The van der Waals surface area contributed by atoms with Crippen molar-refractivity contribution >= 4 is 29.1 Å². The van der Waals surface area contributed by atoms with Gasteiger partial charge < -0.3 is 19.8 Å². The first kappa shape index (κ1) is 29.2. The molecule has 1 saturated carbocycles. The summed E-state index contributed by atoms with van der Waals surface area (Å²) < 4.78 is 41.5. The number of halogens is 4. The van der Waals surface area contributed by atoms with Crippen LogP contribution in [0.1, 0.15) is 48.0 Å². The number of nitrogens with zero attached hydrogens (tertiary/aromatic N) is 3. The van der Waals surface area contributed by atoms with Crippen LogP contribution in [0.2, 0.25) is 5.02 Å². The van der Waals surface area contributed by atoms with Gasteiger partial charge in [0.2, 0.25) is 0 Å². The van der Waals surface area contributed by atoms with E-state index in [1.54, 1.807) is 20.2 Å². The van der Waals surface area contributed by atoms with Crippen LogP contribution in [0, 0.1) is 11.3 Å². The Hall–Kier alpha value is -2.78. The second kappa shape index (κ2) is 11.0. The predicted molar refractivity (Wildman–Crippen MR) is 145 cm³/mol. The van der Waals surface area contributed by atoms with E-state index in [0.717, 1.165) is 61.5 Å². The standard InChI is InChI=1S/C29H35ClF3N3O3/c1-34(2)25(37)23-12-11-22(18-24(23)30)36-16-13-27(14-17-36)19-21(27)10-7-15-35(3)26(38)28(39,29(31,32)33)20-8-5-4-6-9-20/h4-6,8-9,11-12,18,21,39H,7,10,13-17,19H2,1-3H3. The van der Waals surface area contributed by atoms with Gasteiger partial charge in [-0.1, -0.05) is 41.9 Å². The summed E-state index contributed by atoms with van der Waals surface area (Å²) in [7, 11) is 4.68. The van der Waals surface area contributed by atoms with Gasteiger partial charge in [0.25, 0.3) is 17.4 Å². The second-order valence-electron chi connectivity index (χ2n) is 11.1. The molecule has 0 radical (unpaired) electrons. The molecule has 0 bridgehead atoms. The van der Waals surface area contributed by atoms with Crippen molar-refractivity contribution in [1.29, 1.82) is 0 Å². The number of alkyl halides is 3. The lowest BCUT2D eigenvalue weighted by Gasteiger charge is -2.35. The summed E-state index contributed by atoms with van der Waals surface area (Å²) in [4.78, 5) is 29.8. The predicted octanol–water partition coefficient (Wildman–Crippen LogP) is 5.34. The number of likely N-dealkylation sites (N-methyl/N-ethyl adjacent to an activating group) is 1. The van der Waals surface area contributed by atoms with E-state index in [1.807, 2.05) is 12.1 Å². The van der Waals surface area contributed by atoms with Crippen LogP contribution in [0.25, 0.3) is 0 Å². The molecule has 2 amide bonds. The molecule has 6 nitrogen and oxygen atoms in total. The minimum absolute atomic E-state index is 0.138. The molecule has 1 aliphatic carbocycles. The van der Waals surface area contributed by atoms with Gasteiger partial charge >= 0.3 is 6.18 Å². The molecule has 2 aromatic rings. The maximum absolute atomic E-state index is 13.8. The SMILES string of the molecule is CN(C)C(=O)c1ccc(N2CCC3(CC2)CC3CCCN(C)C(=O)C(O)(c2ccccc2)C(F)(F)F)cc1Cl. The smallest absolute Gasteiger partial charge is 0.371 e. The Bertz CT molecular complexity index is 1200. The Morgan fingerprint density at radius 1 is 1.08 bits per heavy atom. The number of anilines is 1. The van der Waals surface area contributed by atoms with Gasteiger partial charge in [-0.2, -0.15) is 13.2 Å². The quantitative estimate of drug-likeness (QED) is 0.469. The van der Waals surface area contributed by atoms with Crippen LogP contribution in [-0.4, -0.2) is 73.7 Å². The summed E-state index contributed by atoms with van der Waals surface area (Å²) in [6.07, 6.45) is -0.667. The second-order valence-corrected chi connectivity index (χ2v) is 11.5. The fourth-order valence-electron chi connectivity index (χ4n) is 5.82. The Kier molecular flexibility index (Phi) is 8.24. The van der Waals surface area contributed by atoms with Gasteiger partial charge in [-0.25, -0.2) is 0 Å². The minimum Gasteiger partial charge on any atom is -0.371 e. The minimum atomic E-state index is -5.14. The van der Waals surface area contributed by atoms with Crippen molar-refractivity contribution in [3.63, 3.8) is 0 Å². The normalized spacial score (nSPS) is 19.9. The maximum Gasteiger partial charge on any atom is 0.430 e. The number of amides is 2. The molecule has 4 rings (SSSR count). The lowest BCUT2D eigenvalue weighted by Crippen LogP contribution is -2.55. The summed E-state index contributed by atoms with van der Waals surface area (Å²) in [5.74, 6) is -1.03. The summed E-state index contributed by atoms with van der Waals surface area (Å²) >= 11 is 6.39. The van der Waals surface area contributed by atoms with Gasteiger partial charge in [-0.05, 0) is 61.6 Å². The molecular weight excluding hydrogens is 531 g/mol. The highest BCUT2D eigenvalue weighted by Crippen LogP contribution is 2.61. The largest absolute Gasteiger partial charge is 0.430 e. The molecule has 1 spiro atoms. The van der Waals surface area contributed by atoms with Crippen molar-refractivity contribution in [2.45, 2.75) is 43.9 Å². The Morgan fingerprint density at radius 2 is 1.72 bits per heavy atom. The molecule has 1 N–H and O–H groups in total. The van der Waals surface area contributed by atoms with E-state index in [9.17, 15) is 27.9 Å². The van der Waals surface area contributed by atoms with Crippen LogP contribution >= 0.6 is 11.6 Å². The number of carbonyl (C=O) groups excluding carboxylic acids is 2. The number of aliphatic hydroxyl groups is 1. The third-order valence-corrected chi connectivity index (χ3v) is 8.69. The van der Waals surface area contributed by atoms with E-state index in [1.165, 1.54) is 30.1 Å². The average Bonchev–Trinajstić information content (AvgIpc) is 3.58. The van der Waals surface area contributed by atoms with Crippen LogP contribution in [0.4, 0.5) is 18.9 Å². The van der Waals surface area contributed by atoms with Gasteiger partial charge in [0.15, 0.2) is 0 Å². The number of carbonyl (C=O) groups is 2. The van der Waals surface area contributed by atoms with Crippen LogP contribution in [0.3, 0.4) is 0 Å². The van der Waals surface area contributed by atoms with E-state index in [2.05, 4.69) is 4.90 Å². The third-order valence-electron chi connectivity index (χ3n) is 8.38. The van der Waals surface area contributed by atoms with Gasteiger partial charge in [-0.15, -0.1) is 0 Å².